The van der Waals surface area contributed by atoms with Gasteiger partial charge in [0.15, 0.2) is 0 Å². The van der Waals surface area contributed by atoms with Crippen molar-refractivity contribution in [3.8, 4) is 18.1 Å². The lowest BCUT2D eigenvalue weighted by molar-refractivity contribution is 0.106. The Morgan fingerprint density at radius 1 is 1.44 bits per heavy atom. The standard InChI is InChI=1S/C15H21NO2/c1-3-4-7-10-16-11-14(17)12-18-15-9-6-5-8-13(15)2/h1,5-6,8-9,14,16-17H,4,7,10-12H2,2H3. The molecule has 1 aromatic rings. The van der Waals surface area contributed by atoms with Crippen molar-refractivity contribution in [3.05, 3.63) is 29.8 Å². The van der Waals surface area contributed by atoms with Gasteiger partial charge in [0.05, 0.1) is 0 Å². The molecule has 0 saturated carbocycles. The zero-order valence-corrected chi connectivity index (χ0v) is 10.9. The van der Waals surface area contributed by atoms with E-state index in [0.29, 0.717) is 13.2 Å². The van der Waals surface area contributed by atoms with Crippen LogP contribution in [0, 0.1) is 19.3 Å². The fourth-order valence-electron chi connectivity index (χ4n) is 1.55. The van der Waals surface area contributed by atoms with E-state index >= 15 is 0 Å². The number of hydrogen-bond donors (Lipinski definition) is 2. The average molecular weight is 247 g/mol. The smallest absolute Gasteiger partial charge is 0.122 e. The second-order valence-corrected chi connectivity index (χ2v) is 4.24. The van der Waals surface area contributed by atoms with Crippen LogP contribution in [-0.2, 0) is 0 Å². The van der Waals surface area contributed by atoms with Crippen LogP contribution < -0.4 is 10.1 Å². The number of para-hydroxylation sites is 1. The van der Waals surface area contributed by atoms with Crippen molar-refractivity contribution in [2.75, 3.05) is 19.7 Å². The molecule has 18 heavy (non-hydrogen) atoms. The van der Waals surface area contributed by atoms with Gasteiger partial charge >= 0.3 is 0 Å². The van der Waals surface area contributed by atoms with E-state index < -0.39 is 6.10 Å². The predicted molar refractivity (Wildman–Crippen MR) is 73.6 cm³/mol. The van der Waals surface area contributed by atoms with E-state index in [2.05, 4.69) is 11.2 Å². The molecular formula is C15H21NO2. The van der Waals surface area contributed by atoms with Crippen LogP contribution in [0.25, 0.3) is 0 Å². The quantitative estimate of drug-likeness (QED) is 0.543. The Labute approximate surface area is 109 Å². The molecule has 2 N–H and O–H groups in total. The van der Waals surface area contributed by atoms with E-state index in [0.717, 1.165) is 30.7 Å². The summed E-state index contributed by atoms with van der Waals surface area (Å²) in [5, 5.41) is 12.9. The Morgan fingerprint density at radius 3 is 2.94 bits per heavy atom. The molecule has 0 aliphatic rings. The maximum atomic E-state index is 9.73. The molecule has 0 amide bonds. The predicted octanol–water partition coefficient (Wildman–Crippen LogP) is 1.74. The first-order valence-electron chi connectivity index (χ1n) is 6.24. The largest absolute Gasteiger partial charge is 0.491 e. The van der Waals surface area contributed by atoms with Crippen molar-refractivity contribution < 1.29 is 9.84 Å². The van der Waals surface area contributed by atoms with E-state index in [-0.39, 0.29) is 0 Å². The minimum absolute atomic E-state index is 0.299. The first-order valence-corrected chi connectivity index (χ1v) is 6.24. The maximum Gasteiger partial charge on any atom is 0.122 e. The van der Waals surface area contributed by atoms with Gasteiger partial charge in [-0.05, 0) is 31.5 Å². The molecule has 98 valence electrons. The van der Waals surface area contributed by atoms with Crippen molar-refractivity contribution in [3.63, 3.8) is 0 Å². The molecule has 0 aliphatic heterocycles. The Hall–Kier alpha value is -1.50. The number of hydrogen-bond acceptors (Lipinski definition) is 3. The molecule has 0 bridgehead atoms. The van der Waals surface area contributed by atoms with Gasteiger partial charge in [-0.2, -0.15) is 0 Å². The molecular weight excluding hydrogens is 226 g/mol. The van der Waals surface area contributed by atoms with E-state index in [1.807, 2.05) is 31.2 Å². The fraction of sp³-hybridized carbons (Fsp3) is 0.467. The van der Waals surface area contributed by atoms with Crippen LogP contribution in [0.4, 0.5) is 0 Å². The minimum Gasteiger partial charge on any atom is -0.491 e. The van der Waals surface area contributed by atoms with Crippen molar-refractivity contribution in [1.29, 1.82) is 0 Å². The third-order valence-electron chi connectivity index (χ3n) is 2.58. The van der Waals surface area contributed by atoms with Crippen LogP contribution in [0.15, 0.2) is 24.3 Å². The van der Waals surface area contributed by atoms with Crippen molar-refractivity contribution in [2.24, 2.45) is 0 Å². The van der Waals surface area contributed by atoms with Gasteiger partial charge < -0.3 is 15.2 Å². The molecule has 3 heteroatoms. The summed E-state index contributed by atoms with van der Waals surface area (Å²) in [7, 11) is 0. The number of terminal acetylenes is 1. The van der Waals surface area contributed by atoms with Gasteiger partial charge in [0.1, 0.15) is 18.5 Å². The first kappa shape index (κ1) is 14.6. The molecule has 1 aromatic carbocycles. The molecule has 0 radical (unpaired) electrons. The highest BCUT2D eigenvalue weighted by molar-refractivity contribution is 5.31. The van der Waals surface area contributed by atoms with Gasteiger partial charge in [-0.25, -0.2) is 0 Å². The van der Waals surface area contributed by atoms with Crippen LogP contribution in [-0.4, -0.2) is 30.9 Å². The summed E-state index contributed by atoms with van der Waals surface area (Å²) >= 11 is 0. The fourth-order valence-corrected chi connectivity index (χ4v) is 1.55. The van der Waals surface area contributed by atoms with Crippen molar-refractivity contribution >= 4 is 0 Å². The number of nitrogens with one attached hydrogen (secondary N) is 1. The van der Waals surface area contributed by atoms with E-state index in [4.69, 9.17) is 11.2 Å². The van der Waals surface area contributed by atoms with Gasteiger partial charge in [0.2, 0.25) is 0 Å². The number of benzene rings is 1. The summed E-state index contributed by atoms with van der Waals surface area (Å²) in [6.07, 6.45) is 6.34. The average Bonchev–Trinajstić information content (AvgIpc) is 2.37. The normalized spacial score (nSPS) is 11.8. The molecule has 1 atom stereocenters. The van der Waals surface area contributed by atoms with Crippen LogP contribution >= 0.6 is 0 Å². The van der Waals surface area contributed by atoms with Crippen molar-refractivity contribution in [1.82, 2.24) is 5.32 Å². The lowest BCUT2D eigenvalue weighted by Gasteiger charge is -2.14. The third-order valence-corrected chi connectivity index (χ3v) is 2.58. The monoisotopic (exact) mass is 247 g/mol. The summed E-state index contributed by atoms with van der Waals surface area (Å²) in [6.45, 7) is 3.63. The number of unbranched alkanes of at least 4 members (excludes halogenated alkanes) is 1. The lowest BCUT2D eigenvalue weighted by Crippen LogP contribution is -2.32. The van der Waals surface area contributed by atoms with Gasteiger partial charge in [-0.15, -0.1) is 12.3 Å². The maximum absolute atomic E-state index is 9.73. The van der Waals surface area contributed by atoms with Crippen LogP contribution in [0.1, 0.15) is 18.4 Å². The van der Waals surface area contributed by atoms with Crippen LogP contribution in [0.3, 0.4) is 0 Å². The molecule has 0 heterocycles. The number of aryl methyl sites for hydroxylation is 1. The SMILES string of the molecule is C#CCCCNCC(O)COc1ccccc1C. The molecule has 0 saturated heterocycles. The Balaban J connectivity index is 2.15. The highest BCUT2D eigenvalue weighted by Crippen LogP contribution is 2.16. The Morgan fingerprint density at radius 2 is 2.22 bits per heavy atom. The highest BCUT2D eigenvalue weighted by atomic mass is 16.5. The summed E-state index contributed by atoms with van der Waals surface area (Å²) in [5.41, 5.74) is 1.08. The molecule has 3 nitrogen and oxygen atoms in total. The Kier molecular flexibility index (Phi) is 6.93. The summed E-state index contributed by atoms with van der Waals surface area (Å²) in [5.74, 6) is 3.40. The molecule has 0 spiro atoms. The van der Waals surface area contributed by atoms with Crippen LogP contribution in [0.2, 0.25) is 0 Å². The molecule has 1 unspecified atom stereocenters. The molecule has 0 aliphatic carbocycles. The molecule has 1 rings (SSSR count). The molecule has 0 fully saturated rings. The third kappa shape index (κ3) is 5.72. The van der Waals surface area contributed by atoms with E-state index in [9.17, 15) is 5.11 Å². The van der Waals surface area contributed by atoms with Crippen LogP contribution in [0.5, 0.6) is 5.75 Å². The number of ether oxygens (including phenoxy) is 1. The van der Waals surface area contributed by atoms with Gasteiger partial charge in [-0.3, -0.25) is 0 Å². The second-order valence-electron chi connectivity index (χ2n) is 4.24. The topological polar surface area (TPSA) is 41.5 Å². The second kappa shape index (κ2) is 8.57. The van der Waals surface area contributed by atoms with Gasteiger partial charge in [0, 0.05) is 13.0 Å². The first-order chi connectivity index (χ1) is 8.74. The zero-order chi connectivity index (χ0) is 13.2. The summed E-state index contributed by atoms with van der Waals surface area (Å²) < 4.78 is 5.55. The number of rotatable bonds is 8. The number of aliphatic hydroxyl groups is 1. The van der Waals surface area contributed by atoms with Gasteiger partial charge in [-0.1, -0.05) is 18.2 Å². The summed E-state index contributed by atoms with van der Waals surface area (Å²) in [4.78, 5) is 0. The summed E-state index contributed by atoms with van der Waals surface area (Å²) in [6, 6.07) is 7.78. The lowest BCUT2D eigenvalue weighted by atomic mass is 10.2. The Bertz CT molecular complexity index is 384. The molecule has 0 aromatic heterocycles. The highest BCUT2D eigenvalue weighted by Gasteiger charge is 2.05. The van der Waals surface area contributed by atoms with Crippen molar-refractivity contribution in [2.45, 2.75) is 25.9 Å². The number of aliphatic hydroxyl groups excluding tert-OH is 1. The zero-order valence-electron chi connectivity index (χ0n) is 10.9. The van der Waals surface area contributed by atoms with E-state index in [1.54, 1.807) is 0 Å². The van der Waals surface area contributed by atoms with Gasteiger partial charge in [0.25, 0.3) is 0 Å². The minimum atomic E-state index is -0.504. The van der Waals surface area contributed by atoms with E-state index in [1.165, 1.54) is 0 Å².